The van der Waals surface area contributed by atoms with Gasteiger partial charge in [0.05, 0.1) is 0 Å². The molecular weight excluding hydrogens is 250 g/mol. The van der Waals surface area contributed by atoms with Gasteiger partial charge in [0.15, 0.2) is 5.01 Å². The number of nitrogens with one attached hydrogen (secondary N) is 1. The topological polar surface area (TPSA) is 62.3 Å². The van der Waals surface area contributed by atoms with Gasteiger partial charge in [0.2, 0.25) is 5.78 Å². The zero-order chi connectivity index (χ0) is 13.1. The van der Waals surface area contributed by atoms with Gasteiger partial charge < -0.3 is 10.2 Å². The zero-order valence-corrected chi connectivity index (χ0v) is 11.2. The lowest BCUT2D eigenvalue weighted by Crippen LogP contribution is -2.23. The van der Waals surface area contributed by atoms with E-state index >= 15 is 0 Å². The Labute approximate surface area is 110 Å². The van der Waals surface area contributed by atoms with Crippen LogP contribution in [0.25, 0.3) is 0 Å². The van der Waals surface area contributed by atoms with Crippen LogP contribution in [0, 0.1) is 0 Å². The molecule has 0 aliphatic carbocycles. The van der Waals surface area contributed by atoms with Gasteiger partial charge in [0.25, 0.3) is 5.91 Å². The van der Waals surface area contributed by atoms with Gasteiger partial charge in [-0.15, -0.1) is 11.3 Å². The van der Waals surface area contributed by atoms with E-state index < -0.39 is 0 Å². The van der Waals surface area contributed by atoms with Gasteiger partial charge in [-0.25, -0.2) is 4.98 Å². The average molecular weight is 265 g/mol. The molecule has 96 valence electrons. The van der Waals surface area contributed by atoms with E-state index in [2.05, 4.69) is 10.3 Å². The fourth-order valence-electron chi connectivity index (χ4n) is 1.63. The van der Waals surface area contributed by atoms with E-state index in [-0.39, 0.29) is 11.7 Å². The molecule has 6 heteroatoms. The fraction of sp³-hybridized carbons (Fsp3) is 0.417. The molecule has 1 aromatic heterocycles. The number of amides is 1. The molecule has 1 aromatic rings. The first kappa shape index (κ1) is 12.8. The standard InChI is InChI=1S/C12H15N3O2S/c1-15(2)7-5-8(16)12-14-10-9(18-12)4-3-6-13-11(10)17/h5,7H,3-4,6H2,1-2H3,(H,13,17)/b7-5+. The molecule has 18 heavy (non-hydrogen) atoms. The van der Waals surface area contributed by atoms with Crippen molar-refractivity contribution in [2.75, 3.05) is 20.6 Å². The molecule has 0 fully saturated rings. The lowest BCUT2D eigenvalue weighted by atomic mass is 10.2. The summed E-state index contributed by atoms with van der Waals surface area (Å²) in [5, 5.41) is 3.16. The van der Waals surface area contributed by atoms with Crippen LogP contribution in [0.1, 0.15) is 31.6 Å². The highest BCUT2D eigenvalue weighted by molar-refractivity contribution is 7.14. The van der Waals surface area contributed by atoms with E-state index in [0.29, 0.717) is 17.2 Å². The third kappa shape index (κ3) is 2.76. The second kappa shape index (κ2) is 5.30. The maximum Gasteiger partial charge on any atom is 0.271 e. The fourth-order valence-corrected chi connectivity index (χ4v) is 2.65. The van der Waals surface area contributed by atoms with Crippen molar-refractivity contribution < 1.29 is 9.59 Å². The van der Waals surface area contributed by atoms with Crippen molar-refractivity contribution in [3.05, 3.63) is 27.9 Å². The number of hydrogen-bond donors (Lipinski definition) is 1. The SMILES string of the molecule is CN(C)/C=C/C(=O)c1nc2c(s1)CCCNC2=O. The minimum Gasteiger partial charge on any atom is -0.383 e. The first-order chi connectivity index (χ1) is 8.58. The number of thiazole rings is 1. The minimum absolute atomic E-state index is 0.158. The Hall–Kier alpha value is -1.69. The monoisotopic (exact) mass is 265 g/mol. The first-order valence-electron chi connectivity index (χ1n) is 5.75. The van der Waals surface area contributed by atoms with Crippen LogP contribution in [0.2, 0.25) is 0 Å². The van der Waals surface area contributed by atoms with Gasteiger partial charge in [-0.2, -0.15) is 0 Å². The summed E-state index contributed by atoms with van der Waals surface area (Å²) >= 11 is 1.32. The molecule has 1 aliphatic rings. The molecule has 1 aliphatic heterocycles. The van der Waals surface area contributed by atoms with Crippen molar-refractivity contribution in [3.63, 3.8) is 0 Å². The number of nitrogens with zero attached hydrogens (tertiary/aromatic N) is 2. The number of aromatic nitrogens is 1. The number of rotatable bonds is 3. The summed E-state index contributed by atoms with van der Waals surface area (Å²) in [6.07, 6.45) is 4.84. The summed E-state index contributed by atoms with van der Waals surface area (Å²) in [7, 11) is 3.68. The smallest absolute Gasteiger partial charge is 0.271 e. The lowest BCUT2D eigenvalue weighted by molar-refractivity contribution is 0.0951. The Morgan fingerprint density at radius 2 is 2.28 bits per heavy atom. The predicted octanol–water partition coefficient (Wildman–Crippen LogP) is 1.08. The van der Waals surface area contributed by atoms with E-state index in [1.165, 1.54) is 17.4 Å². The maximum absolute atomic E-state index is 11.9. The minimum atomic E-state index is -0.172. The van der Waals surface area contributed by atoms with Gasteiger partial charge >= 0.3 is 0 Å². The summed E-state index contributed by atoms with van der Waals surface area (Å²) < 4.78 is 0. The molecule has 2 rings (SSSR count). The van der Waals surface area contributed by atoms with Crippen LogP contribution in [-0.4, -0.2) is 42.2 Å². The van der Waals surface area contributed by atoms with E-state index in [1.807, 2.05) is 14.1 Å². The number of ketones is 1. The highest BCUT2D eigenvalue weighted by Gasteiger charge is 2.22. The number of allylic oxidation sites excluding steroid dienone is 1. The molecule has 0 radical (unpaired) electrons. The van der Waals surface area contributed by atoms with Crippen LogP contribution in [0.5, 0.6) is 0 Å². The molecule has 1 N–H and O–H groups in total. The van der Waals surface area contributed by atoms with Crippen molar-refractivity contribution >= 4 is 23.0 Å². The number of fused-ring (bicyclic) bond motifs is 1. The van der Waals surface area contributed by atoms with E-state index in [1.54, 1.807) is 11.1 Å². The Morgan fingerprint density at radius 3 is 3.00 bits per heavy atom. The summed E-state index contributed by atoms with van der Waals surface area (Å²) in [5.41, 5.74) is 0.416. The summed E-state index contributed by atoms with van der Waals surface area (Å²) in [6.45, 7) is 0.672. The van der Waals surface area contributed by atoms with Gasteiger partial charge in [0, 0.05) is 37.8 Å². The first-order valence-corrected chi connectivity index (χ1v) is 6.56. The second-order valence-electron chi connectivity index (χ2n) is 4.29. The molecule has 0 saturated heterocycles. The van der Waals surface area contributed by atoms with Crippen LogP contribution in [0.15, 0.2) is 12.3 Å². The van der Waals surface area contributed by atoms with Crippen LogP contribution < -0.4 is 5.32 Å². The normalized spacial score (nSPS) is 15.1. The average Bonchev–Trinajstić information content (AvgIpc) is 2.68. The van der Waals surface area contributed by atoms with Crippen molar-refractivity contribution in [2.45, 2.75) is 12.8 Å². The maximum atomic E-state index is 11.9. The van der Waals surface area contributed by atoms with E-state index in [9.17, 15) is 9.59 Å². The molecule has 0 saturated carbocycles. The summed E-state index contributed by atoms with van der Waals surface area (Å²) in [4.78, 5) is 30.4. The van der Waals surface area contributed by atoms with Crippen molar-refractivity contribution in [1.82, 2.24) is 15.2 Å². The van der Waals surface area contributed by atoms with Gasteiger partial charge in [-0.05, 0) is 12.8 Å². The second-order valence-corrected chi connectivity index (χ2v) is 5.38. The molecule has 0 unspecified atom stereocenters. The quantitative estimate of drug-likeness (QED) is 0.656. The van der Waals surface area contributed by atoms with Gasteiger partial charge in [-0.1, -0.05) is 0 Å². The zero-order valence-electron chi connectivity index (χ0n) is 10.4. The van der Waals surface area contributed by atoms with Crippen molar-refractivity contribution in [3.8, 4) is 0 Å². The van der Waals surface area contributed by atoms with Gasteiger partial charge in [-0.3, -0.25) is 9.59 Å². The molecule has 5 nitrogen and oxygen atoms in total. The van der Waals surface area contributed by atoms with E-state index in [0.717, 1.165) is 17.7 Å². The van der Waals surface area contributed by atoms with Gasteiger partial charge in [0.1, 0.15) is 5.69 Å². The molecule has 0 bridgehead atoms. The lowest BCUT2D eigenvalue weighted by Gasteiger charge is -2.01. The highest BCUT2D eigenvalue weighted by Crippen LogP contribution is 2.22. The number of hydrogen-bond acceptors (Lipinski definition) is 5. The molecule has 0 spiro atoms. The molecule has 0 atom stereocenters. The molecule has 2 heterocycles. The third-order valence-corrected chi connectivity index (χ3v) is 3.64. The predicted molar refractivity (Wildman–Crippen MR) is 69.9 cm³/mol. The van der Waals surface area contributed by atoms with E-state index in [4.69, 9.17) is 0 Å². The Balaban J connectivity index is 2.24. The van der Waals surface area contributed by atoms with Crippen LogP contribution in [-0.2, 0) is 6.42 Å². The number of carbonyl (C=O) groups excluding carboxylic acids is 2. The number of carbonyl (C=O) groups is 2. The highest BCUT2D eigenvalue weighted by atomic mass is 32.1. The molecule has 0 aromatic carbocycles. The Kier molecular flexibility index (Phi) is 3.76. The van der Waals surface area contributed by atoms with Crippen LogP contribution in [0.3, 0.4) is 0 Å². The largest absolute Gasteiger partial charge is 0.383 e. The third-order valence-electron chi connectivity index (χ3n) is 2.51. The molecule has 1 amide bonds. The summed E-state index contributed by atoms with van der Waals surface area (Å²) in [5.74, 6) is -0.330. The van der Waals surface area contributed by atoms with Crippen molar-refractivity contribution in [1.29, 1.82) is 0 Å². The summed E-state index contributed by atoms with van der Waals surface area (Å²) in [6, 6.07) is 0. The van der Waals surface area contributed by atoms with Crippen molar-refractivity contribution in [2.24, 2.45) is 0 Å². The molecular formula is C12H15N3O2S. The Morgan fingerprint density at radius 1 is 1.50 bits per heavy atom. The number of aryl methyl sites for hydroxylation is 1. The Bertz CT molecular complexity index is 505. The van der Waals surface area contributed by atoms with Crippen LogP contribution >= 0.6 is 11.3 Å². The van der Waals surface area contributed by atoms with Crippen LogP contribution in [0.4, 0.5) is 0 Å².